The van der Waals surface area contributed by atoms with E-state index in [1.165, 1.54) is 0 Å². The Morgan fingerprint density at radius 2 is 1.58 bits per heavy atom. The Morgan fingerprint density at radius 3 is 2.32 bits per heavy atom. The maximum atomic E-state index is 12.3. The zero-order valence-corrected chi connectivity index (χ0v) is 16.9. The van der Waals surface area contributed by atoms with Crippen LogP contribution in [0.15, 0.2) is 54.6 Å². The fourth-order valence-electron chi connectivity index (χ4n) is 3.85. The average Bonchev–Trinajstić information content (AvgIpc) is 3.45. The fourth-order valence-corrected chi connectivity index (χ4v) is 3.85. The van der Waals surface area contributed by atoms with Gasteiger partial charge in [0.1, 0.15) is 23.7 Å². The minimum atomic E-state index is -0.583. The van der Waals surface area contributed by atoms with Gasteiger partial charge in [-0.1, -0.05) is 18.2 Å². The average molecular weight is 424 g/mol. The first kappa shape index (κ1) is 19.8. The highest BCUT2D eigenvalue weighted by atomic mass is 16.6. The summed E-state index contributed by atoms with van der Waals surface area (Å²) < 4.78 is 22.8. The third kappa shape index (κ3) is 4.65. The van der Waals surface area contributed by atoms with Gasteiger partial charge in [0.05, 0.1) is 19.3 Å². The van der Waals surface area contributed by atoms with Crippen LogP contribution in [0.2, 0.25) is 0 Å². The van der Waals surface area contributed by atoms with Crippen LogP contribution in [0.5, 0.6) is 11.5 Å². The molecule has 8 heteroatoms. The van der Waals surface area contributed by atoms with Gasteiger partial charge < -0.3 is 24.3 Å². The molecule has 2 aromatic rings. The van der Waals surface area contributed by atoms with Gasteiger partial charge in [0.2, 0.25) is 5.91 Å². The molecule has 162 valence electrons. The molecule has 2 N–H and O–H groups in total. The summed E-state index contributed by atoms with van der Waals surface area (Å²) in [5.74, 6) is 1.58. The molecule has 2 saturated heterocycles. The third-order valence-corrected chi connectivity index (χ3v) is 5.62. The van der Waals surface area contributed by atoms with Crippen LogP contribution in [0.3, 0.4) is 0 Å². The molecular weight excluding hydrogens is 400 g/mol. The van der Waals surface area contributed by atoms with Crippen LogP contribution < -0.4 is 15.4 Å². The number of amides is 2. The van der Waals surface area contributed by atoms with Crippen LogP contribution in [-0.2, 0) is 19.0 Å². The summed E-state index contributed by atoms with van der Waals surface area (Å²) in [5, 5.41) is 5.70. The molecule has 0 radical (unpaired) electrons. The maximum absolute atomic E-state index is 12.3. The molecule has 2 amide bonds. The van der Waals surface area contributed by atoms with E-state index in [0.717, 1.165) is 18.6 Å². The summed E-state index contributed by atoms with van der Waals surface area (Å²) in [5.41, 5.74) is 0.586. The largest absolute Gasteiger partial charge is 0.457 e. The van der Waals surface area contributed by atoms with Gasteiger partial charge in [-0.3, -0.25) is 10.1 Å². The van der Waals surface area contributed by atoms with E-state index in [4.69, 9.17) is 18.9 Å². The van der Waals surface area contributed by atoms with Crippen molar-refractivity contribution in [3.8, 4) is 11.5 Å². The first-order chi connectivity index (χ1) is 15.2. The number of hydrogen-bond donors (Lipinski definition) is 2. The lowest BCUT2D eigenvalue weighted by Gasteiger charge is -2.18. The second kappa shape index (κ2) is 8.56. The Hall–Kier alpha value is -3.10. The Labute approximate surface area is 179 Å². The van der Waals surface area contributed by atoms with E-state index in [-0.39, 0.29) is 36.7 Å². The molecule has 2 aliphatic heterocycles. The zero-order valence-electron chi connectivity index (χ0n) is 16.9. The molecule has 0 bridgehead atoms. The van der Waals surface area contributed by atoms with E-state index in [0.29, 0.717) is 18.0 Å². The van der Waals surface area contributed by atoms with Crippen LogP contribution in [0.1, 0.15) is 12.8 Å². The molecule has 3 aliphatic rings. The minimum absolute atomic E-state index is 0.0552. The van der Waals surface area contributed by atoms with Crippen molar-refractivity contribution in [1.29, 1.82) is 0 Å². The summed E-state index contributed by atoms with van der Waals surface area (Å²) in [6, 6.07) is 16.3. The summed E-state index contributed by atoms with van der Waals surface area (Å²) in [6.07, 6.45) is 0.111. The predicted molar refractivity (Wildman–Crippen MR) is 111 cm³/mol. The monoisotopic (exact) mass is 424 g/mol. The van der Waals surface area contributed by atoms with E-state index in [2.05, 4.69) is 10.6 Å². The van der Waals surface area contributed by atoms with Crippen molar-refractivity contribution < 1.29 is 28.5 Å². The number of benzene rings is 2. The normalized spacial score (nSPS) is 26.7. The lowest BCUT2D eigenvalue weighted by Crippen LogP contribution is -2.45. The van der Waals surface area contributed by atoms with Crippen LogP contribution in [0, 0.1) is 5.92 Å². The van der Waals surface area contributed by atoms with Gasteiger partial charge in [0.25, 0.3) is 0 Å². The van der Waals surface area contributed by atoms with Gasteiger partial charge in [0, 0.05) is 11.6 Å². The van der Waals surface area contributed by atoms with Crippen LogP contribution in [0.25, 0.3) is 0 Å². The summed E-state index contributed by atoms with van der Waals surface area (Å²) in [6.45, 7) is 0.598. The predicted octanol–water partition coefficient (Wildman–Crippen LogP) is 3.09. The fraction of sp³-hybridized carbons (Fsp3) is 0.391. The molecular formula is C23H24N2O6. The number of carbonyl (C=O) groups excluding carboxylic acids is 2. The van der Waals surface area contributed by atoms with Gasteiger partial charge in [-0.15, -0.1) is 0 Å². The van der Waals surface area contributed by atoms with Crippen molar-refractivity contribution in [2.75, 3.05) is 18.5 Å². The topological polar surface area (TPSA) is 95.1 Å². The van der Waals surface area contributed by atoms with Crippen LogP contribution >= 0.6 is 0 Å². The zero-order chi connectivity index (χ0) is 21.2. The molecule has 2 aromatic carbocycles. The minimum Gasteiger partial charge on any atom is -0.457 e. The van der Waals surface area contributed by atoms with Gasteiger partial charge in [-0.05, 0) is 49.2 Å². The molecule has 0 spiro atoms. The molecule has 4 unspecified atom stereocenters. The number of anilines is 1. The molecule has 0 aromatic heterocycles. The van der Waals surface area contributed by atoms with Crippen molar-refractivity contribution in [1.82, 2.24) is 5.32 Å². The molecule has 8 nitrogen and oxygen atoms in total. The number of rotatable bonds is 6. The molecule has 1 aliphatic carbocycles. The number of carbonyl (C=O) groups is 2. The lowest BCUT2D eigenvalue weighted by atomic mass is 10.1. The Kier molecular flexibility index (Phi) is 5.48. The lowest BCUT2D eigenvalue weighted by molar-refractivity contribution is -0.123. The summed E-state index contributed by atoms with van der Waals surface area (Å²) in [7, 11) is 0. The smallest absolute Gasteiger partial charge is 0.412 e. The number of hydrogen-bond acceptors (Lipinski definition) is 6. The van der Waals surface area contributed by atoms with E-state index in [1.807, 2.05) is 30.3 Å². The third-order valence-electron chi connectivity index (χ3n) is 5.62. The standard InChI is InChI=1S/C23H24N2O6/c26-22(14-6-7-14)25-18-12-28-21-19(13-29-20(18)21)31-23(27)24-15-8-10-17(11-9-15)30-16-4-2-1-3-5-16/h1-5,8-11,14,18-21H,6-7,12-13H2,(H,24,27)(H,25,26). The number of fused-ring (bicyclic) bond motifs is 1. The van der Waals surface area contributed by atoms with Crippen molar-refractivity contribution in [2.45, 2.75) is 37.2 Å². The maximum Gasteiger partial charge on any atom is 0.412 e. The van der Waals surface area contributed by atoms with Crippen molar-refractivity contribution >= 4 is 17.7 Å². The number of ether oxygens (including phenoxy) is 4. The van der Waals surface area contributed by atoms with E-state index < -0.39 is 12.2 Å². The Balaban J connectivity index is 1.11. The van der Waals surface area contributed by atoms with Gasteiger partial charge in [-0.2, -0.15) is 0 Å². The second-order valence-corrected chi connectivity index (χ2v) is 7.99. The molecule has 4 atom stereocenters. The van der Waals surface area contributed by atoms with Gasteiger partial charge in [-0.25, -0.2) is 4.79 Å². The van der Waals surface area contributed by atoms with E-state index >= 15 is 0 Å². The molecule has 2 heterocycles. The van der Waals surface area contributed by atoms with Crippen LogP contribution in [0.4, 0.5) is 10.5 Å². The highest BCUT2D eigenvalue weighted by Gasteiger charge is 2.50. The van der Waals surface area contributed by atoms with Crippen molar-refractivity contribution in [2.24, 2.45) is 5.92 Å². The van der Waals surface area contributed by atoms with Crippen molar-refractivity contribution in [3.05, 3.63) is 54.6 Å². The first-order valence-electron chi connectivity index (χ1n) is 10.5. The van der Waals surface area contributed by atoms with E-state index in [1.54, 1.807) is 24.3 Å². The summed E-state index contributed by atoms with van der Waals surface area (Å²) in [4.78, 5) is 24.4. The van der Waals surface area contributed by atoms with Gasteiger partial charge >= 0.3 is 6.09 Å². The summed E-state index contributed by atoms with van der Waals surface area (Å²) >= 11 is 0. The first-order valence-corrected chi connectivity index (χ1v) is 10.5. The SMILES string of the molecule is O=C(Nc1ccc(Oc2ccccc2)cc1)OC1COC2C(NC(=O)C3CC3)COC12. The highest BCUT2D eigenvalue weighted by Crippen LogP contribution is 2.32. The van der Waals surface area contributed by atoms with E-state index in [9.17, 15) is 9.59 Å². The quantitative estimate of drug-likeness (QED) is 0.740. The highest BCUT2D eigenvalue weighted by molar-refractivity contribution is 5.84. The van der Waals surface area contributed by atoms with Crippen molar-refractivity contribution in [3.63, 3.8) is 0 Å². The number of para-hydroxylation sites is 1. The molecule has 31 heavy (non-hydrogen) atoms. The molecule has 3 fully saturated rings. The number of nitrogens with one attached hydrogen (secondary N) is 2. The van der Waals surface area contributed by atoms with Gasteiger partial charge in [0.15, 0.2) is 6.10 Å². The molecule has 1 saturated carbocycles. The Bertz CT molecular complexity index is 931. The Morgan fingerprint density at radius 1 is 0.871 bits per heavy atom. The molecule has 5 rings (SSSR count). The second-order valence-electron chi connectivity index (χ2n) is 7.99. The van der Waals surface area contributed by atoms with Crippen LogP contribution in [-0.4, -0.2) is 49.6 Å².